The molecule has 4 rings (SSSR count). The Morgan fingerprint density at radius 1 is 1.14 bits per heavy atom. The van der Waals surface area contributed by atoms with Gasteiger partial charge in [0.15, 0.2) is 5.82 Å². The first-order valence-electron chi connectivity index (χ1n) is 9.57. The van der Waals surface area contributed by atoms with Crippen LogP contribution in [-0.4, -0.2) is 48.4 Å². The van der Waals surface area contributed by atoms with Gasteiger partial charge in [-0.05, 0) is 49.7 Å². The molecular formula is C20H25N7O. The van der Waals surface area contributed by atoms with Crippen molar-refractivity contribution in [3.05, 3.63) is 65.5 Å². The molecule has 1 aliphatic rings. The summed E-state index contributed by atoms with van der Waals surface area (Å²) in [4.78, 5) is 13.6. The van der Waals surface area contributed by atoms with Crippen LogP contribution in [0.15, 0.2) is 42.7 Å². The molecule has 1 fully saturated rings. The average Bonchev–Trinajstić information content (AvgIpc) is 3.34. The Kier molecular flexibility index (Phi) is 5.21. The van der Waals surface area contributed by atoms with Gasteiger partial charge in [-0.3, -0.25) is 14.4 Å². The van der Waals surface area contributed by atoms with Crippen LogP contribution < -0.4 is 5.73 Å². The molecular weight excluding hydrogens is 354 g/mol. The number of likely N-dealkylation sites (tertiary alicyclic amines) is 1. The van der Waals surface area contributed by atoms with Crippen molar-refractivity contribution >= 4 is 5.91 Å². The van der Waals surface area contributed by atoms with Crippen molar-refractivity contribution in [3.63, 3.8) is 0 Å². The standard InChI is InChI=1S/C20H25N7O/c1-25-18(14-27-10-2-9-22-27)23-24-20(25)17-7-11-26(12-8-17)13-15-3-5-16(6-4-15)19(21)28/h2-6,9-10,17H,7-8,11-14H2,1H3,(H2,21,28). The van der Waals surface area contributed by atoms with Crippen molar-refractivity contribution in [2.24, 2.45) is 12.8 Å². The number of hydrogen-bond acceptors (Lipinski definition) is 5. The van der Waals surface area contributed by atoms with Crippen molar-refractivity contribution in [2.75, 3.05) is 13.1 Å². The fourth-order valence-corrected chi connectivity index (χ4v) is 3.79. The number of hydrogen-bond donors (Lipinski definition) is 1. The topological polar surface area (TPSA) is 94.9 Å². The highest BCUT2D eigenvalue weighted by atomic mass is 16.1. The van der Waals surface area contributed by atoms with Gasteiger partial charge in [-0.1, -0.05) is 12.1 Å². The Labute approximate surface area is 164 Å². The third-order valence-electron chi connectivity index (χ3n) is 5.46. The second kappa shape index (κ2) is 7.93. The van der Waals surface area contributed by atoms with E-state index in [9.17, 15) is 4.79 Å². The van der Waals surface area contributed by atoms with Crippen LogP contribution in [0.3, 0.4) is 0 Å². The van der Waals surface area contributed by atoms with Crippen LogP contribution in [-0.2, 0) is 20.1 Å². The Bertz CT molecular complexity index is 922. The summed E-state index contributed by atoms with van der Waals surface area (Å²) in [6, 6.07) is 9.47. The molecule has 0 spiro atoms. The highest BCUT2D eigenvalue weighted by Gasteiger charge is 2.25. The lowest BCUT2D eigenvalue weighted by molar-refractivity contribution is 0.1000. The summed E-state index contributed by atoms with van der Waals surface area (Å²) >= 11 is 0. The first-order valence-corrected chi connectivity index (χ1v) is 9.57. The second-order valence-corrected chi connectivity index (χ2v) is 7.35. The van der Waals surface area contributed by atoms with Crippen molar-refractivity contribution in [3.8, 4) is 0 Å². The van der Waals surface area contributed by atoms with Gasteiger partial charge in [-0.2, -0.15) is 5.10 Å². The predicted octanol–water partition coefficient (Wildman–Crippen LogP) is 1.54. The fourth-order valence-electron chi connectivity index (χ4n) is 3.79. The van der Waals surface area contributed by atoms with E-state index in [-0.39, 0.29) is 5.91 Å². The van der Waals surface area contributed by atoms with Crippen molar-refractivity contribution in [1.82, 2.24) is 29.4 Å². The van der Waals surface area contributed by atoms with E-state index < -0.39 is 0 Å². The van der Waals surface area contributed by atoms with E-state index >= 15 is 0 Å². The lowest BCUT2D eigenvalue weighted by Crippen LogP contribution is -2.33. The summed E-state index contributed by atoms with van der Waals surface area (Å²) in [5.74, 6) is 2.03. The third-order valence-corrected chi connectivity index (χ3v) is 5.46. The van der Waals surface area contributed by atoms with Gasteiger partial charge in [0.25, 0.3) is 0 Å². The van der Waals surface area contributed by atoms with Crippen LogP contribution in [0.2, 0.25) is 0 Å². The average molecular weight is 379 g/mol. The van der Waals surface area contributed by atoms with Gasteiger partial charge in [0, 0.05) is 37.5 Å². The Balaban J connectivity index is 1.34. The summed E-state index contributed by atoms with van der Waals surface area (Å²) < 4.78 is 3.98. The van der Waals surface area contributed by atoms with E-state index in [4.69, 9.17) is 5.73 Å². The first kappa shape index (κ1) is 18.4. The van der Waals surface area contributed by atoms with Gasteiger partial charge in [0.2, 0.25) is 5.91 Å². The van der Waals surface area contributed by atoms with Gasteiger partial charge in [-0.25, -0.2) is 0 Å². The number of piperidine rings is 1. The lowest BCUT2D eigenvalue weighted by Gasteiger charge is -2.31. The highest BCUT2D eigenvalue weighted by molar-refractivity contribution is 5.92. The molecule has 1 aliphatic heterocycles. The number of carbonyl (C=O) groups excluding carboxylic acids is 1. The summed E-state index contributed by atoms with van der Waals surface area (Å²) in [7, 11) is 2.04. The van der Waals surface area contributed by atoms with Crippen LogP contribution in [0.4, 0.5) is 0 Å². The molecule has 8 nitrogen and oxygen atoms in total. The van der Waals surface area contributed by atoms with Crippen LogP contribution in [0.25, 0.3) is 0 Å². The van der Waals surface area contributed by atoms with Gasteiger partial charge >= 0.3 is 0 Å². The molecule has 0 aliphatic carbocycles. The minimum absolute atomic E-state index is 0.386. The molecule has 3 heterocycles. The number of nitrogens with zero attached hydrogens (tertiary/aromatic N) is 6. The molecule has 8 heteroatoms. The maximum absolute atomic E-state index is 11.2. The number of carbonyl (C=O) groups is 1. The molecule has 2 aromatic heterocycles. The maximum atomic E-state index is 11.2. The zero-order valence-corrected chi connectivity index (χ0v) is 16.0. The summed E-state index contributed by atoms with van der Waals surface area (Å²) in [5.41, 5.74) is 7.05. The molecule has 0 atom stereocenters. The normalized spacial score (nSPS) is 15.8. The van der Waals surface area contributed by atoms with Crippen LogP contribution in [0, 0.1) is 0 Å². The molecule has 0 bridgehead atoms. The second-order valence-electron chi connectivity index (χ2n) is 7.35. The van der Waals surface area contributed by atoms with E-state index in [1.54, 1.807) is 18.3 Å². The van der Waals surface area contributed by atoms with E-state index in [0.29, 0.717) is 18.0 Å². The maximum Gasteiger partial charge on any atom is 0.248 e. The molecule has 28 heavy (non-hydrogen) atoms. The van der Waals surface area contributed by atoms with E-state index in [1.807, 2.05) is 36.1 Å². The molecule has 2 N–H and O–H groups in total. The van der Waals surface area contributed by atoms with Crippen molar-refractivity contribution < 1.29 is 4.79 Å². The summed E-state index contributed by atoms with van der Waals surface area (Å²) in [6.45, 7) is 3.55. The molecule has 146 valence electrons. The zero-order chi connectivity index (χ0) is 19.5. The lowest BCUT2D eigenvalue weighted by atomic mass is 9.95. The Hall–Kier alpha value is -3.00. The summed E-state index contributed by atoms with van der Waals surface area (Å²) in [6.07, 6.45) is 5.83. The monoisotopic (exact) mass is 379 g/mol. The Morgan fingerprint density at radius 2 is 1.89 bits per heavy atom. The SMILES string of the molecule is Cn1c(Cn2cccn2)nnc1C1CCN(Cc2ccc(C(N)=O)cc2)CC1. The predicted molar refractivity (Wildman–Crippen MR) is 105 cm³/mol. The molecule has 3 aromatic rings. The quantitative estimate of drug-likeness (QED) is 0.701. The number of primary amides is 1. The molecule has 0 radical (unpaired) electrons. The highest BCUT2D eigenvalue weighted by Crippen LogP contribution is 2.27. The number of aromatic nitrogens is 5. The number of amides is 1. The van der Waals surface area contributed by atoms with E-state index in [0.717, 1.165) is 44.1 Å². The molecule has 1 saturated heterocycles. The van der Waals surface area contributed by atoms with Gasteiger partial charge in [-0.15, -0.1) is 10.2 Å². The summed E-state index contributed by atoms with van der Waals surface area (Å²) in [5, 5.41) is 13.1. The number of rotatable bonds is 6. The zero-order valence-electron chi connectivity index (χ0n) is 16.0. The van der Waals surface area contributed by atoms with Gasteiger partial charge in [0.05, 0.1) is 0 Å². The smallest absolute Gasteiger partial charge is 0.248 e. The number of nitrogens with two attached hydrogens (primary N) is 1. The van der Waals surface area contributed by atoms with Gasteiger partial charge in [0.1, 0.15) is 12.4 Å². The van der Waals surface area contributed by atoms with E-state index in [1.165, 1.54) is 5.56 Å². The first-order chi connectivity index (χ1) is 13.6. The largest absolute Gasteiger partial charge is 0.366 e. The van der Waals surface area contributed by atoms with Crippen molar-refractivity contribution in [2.45, 2.75) is 31.8 Å². The number of benzene rings is 1. The molecule has 0 unspecified atom stereocenters. The van der Waals surface area contributed by atoms with E-state index in [2.05, 4.69) is 24.8 Å². The fraction of sp³-hybridized carbons (Fsp3) is 0.400. The minimum atomic E-state index is -0.386. The molecule has 1 aromatic carbocycles. The van der Waals surface area contributed by atoms with Crippen LogP contribution in [0.1, 0.15) is 46.3 Å². The molecule has 1 amide bonds. The van der Waals surface area contributed by atoms with Crippen molar-refractivity contribution in [1.29, 1.82) is 0 Å². The minimum Gasteiger partial charge on any atom is -0.366 e. The van der Waals surface area contributed by atoms with Gasteiger partial charge < -0.3 is 10.3 Å². The third kappa shape index (κ3) is 3.96. The van der Waals surface area contributed by atoms with Crippen LogP contribution >= 0.6 is 0 Å². The van der Waals surface area contributed by atoms with Crippen LogP contribution in [0.5, 0.6) is 0 Å². The Morgan fingerprint density at radius 3 is 2.54 bits per heavy atom. The molecule has 0 saturated carbocycles.